The van der Waals surface area contributed by atoms with Crippen LogP contribution in [0.15, 0.2) is 77.7 Å². The molecule has 3 aromatic carbocycles. The minimum atomic E-state index is -3.17. The van der Waals surface area contributed by atoms with Gasteiger partial charge in [-0.2, -0.15) is 0 Å². The summed E-state index contributed by atoms with van der Waals surface area (Å²) in [6.07, 6.45) is 3.32. The van der Waals surface area contributed by atoms with Gasteiger partial charge in [-0.05, 0) is 84.9 Å². The lowest BCUT2D eigenvalue weighted by Gasteiger charge is -2.32. The van der Waals surface area contributed by atoms with Crippen molar-refractivity contribution in [1.29, 1.82) is 0 Å². The summed E-state index contributed by atoms with van der Waals surface area (Å²) in [6.45, 7) is 3.19. The maximum absolute atomic E-state index is 13.1. The van der Waals surface area contributed by atoms with E-state index >= 15 is 0 Å². The normalized spacial score (nSPS) is 15.2. The molecule has 0 radical (unpaired) electrons. The van der Waals surface area contributed by atoms with Gasteiger partial charge in [-0.25, -0.2) is 12.8 Å². The van der Waals surface area contributed by atoms with Crippen molar-refractivity contribution in [3.05, 3.63) is 101 Å². The number of nitrogens with one attached hydrogen (secondary N) is 1. The maximum Gasteiger partial charge on any atom is 0.251 e. The number of nitrogens with zero attached hydrogens (tertiary/aromatic N) is 1. The SMILES string of the molecule is CS(=O)(=O)c1ccc(CN2CCC(c3cccc(CNC(=O)c4ccc(F)cc4)c3)CC2)cc1. The standard InChI is InChI=1S/C27H29FN2O3S/c1-34(32,33)26-11-5-20(6-12-26)19-30-15-13-22(14-16-30)24-4-2-3-21(17-24)18-29-27(31)23-7-9-25(28)10-8-23/h2-12,17,22H,13-16,18-19H2,1H3,(H,29,31). The summed E-state index contributed by atoms with van der Waals surface area (Å²) in [5.41, 5.74) is 3.88. The van der Waals surface area contributed by atoms with Gasteiger partial charge in [0.25, 0.3) is 5.91 Å². The van der Waals surface area contributed by atoms with E-state index in [0.717, 1.165) is 43.6 Å². The van der Waals surface area contributed by atoms with E-state index in [9.17, 15) is 17.6 Å². The summed E-state index contributed by atoms with van der Waals surface area (Å²) in [5, 5.41) is 2.91. The summed E-state index contributed by atoms with van der Waals surface area (Å²) in [5.74, 6) is -0.111. The molecule has 1 saturated heterocycles. The monoisotopic (exact) mass is 480 g/mol. The molecule has 1 amide bonds. The molecule has 5 nitrogen and oxygen atoms in total. The zero-order valence-corrected chi connectivity index (χ0v) is 20.0. The number of carbonyl (C=O) groups is 1. The van der Waals surface area contributed by atoms with E-state index in [1.165, 1.54) is 36.1 Å². The second kappa shape index (κ2) is 10.5. The minimum absolute atomic E-state index is 0.219. The second-order valence-corrected chi connectivity index (χ2v) is 10.9. The molecule has 4 rings (SSSR count). The first kappa shape index (κ1) is 24.1. The van der Waals surface area contributed by atoms with Crippen molar-refractivity contribution in [3.8, 4) is 0 Å². The maximum atomic E-state index is 13.1. The number of halogens is 1. The lowest BCUT2D eigenvalue weighted by atomic mass is 9.88. The van der Waals surface area contributed by atoms with Crippen molar-refractivity contribution >= 4 is 15.7 Å². The number of likely N-dealkylation sites (tertiary alicyclic amines) is 1. The third-order valence-corrected chi connectivity index (χ3v) is 7.46. The lowest BCUT2D eigenvalue weighted by molar-refractivity contribution is 0.0951. The van der Waals surface area contributed by atoms with Gasteiger partial charge in [0.15, 0.2) is 9.84 Å². The highest BCUT2D eigenvalue weighted by molar-refractivity contribution is 7.90. The first-order valence-electron chi connectivity index (χ1n) is 11.4. The first-order valence-corrected chi connectivity index (χ1v) is 13.3. The van der Waals surface area contributed by atoms with Crippen LogP contribution in [0, 0.1) is 5.82 Å². The molecule has 1 aliphatic rings. The number of benzene rings is 3. The van der Waals surface area contributed by atoms with E-state index < -0.39 is 9.84 Å². The highest BCUT2D eigenvalue weighted by Crippen LogP contribution is 2.29. The van der Waals surface area contributed by atoms with Gasteiger partial charge < -0.3 is 5.32 Å². The highest BCUT2D eigenvalue weighted by atomic mass is 32.2. The Balaban J connectivity index is 1.29. The summed E-state index contributed by atoms with van der Waals surface area (Å²) in [4.78, 5) is 15.1. The average molecular weight is 481 g/mol. The van der Waals surface area contributed by atoms with Crippen LogP contribution in [0.25, 0.3) is 0 Å². The van der Waals surface area contributed by atoms with Gasteiger partial charge in [-0.1, -0.05) is 36.4 Å². The number of sulfone groups is 1. The Kier molecular flexibility index (Phi) is 7.44. The van der Waals surface area contributed by atoms with E-state index in [2.05, 4.69) is 22.3 Å². The summed E-state index contributed by atoms with van der Waals surface area (Å²) >= 11 is 0. The molecule has 34 heavy (non-hydrogen) atoms. The van der Waals surface area contributed by atoms with Crippen LogP contribution < -0.4 is 5.32 Å². The predicted octanol–water partition coefficient (Wildman–Crippen LogP) is 4.54. The summed E-state index contributed by atoms with van der Waals surface area (Å²) in [6, 6.07) is 21.0. The van der Waals surface area contributed by atoms with E-state index in [4.69, 9.17) is 0 Å². The van der Waals surface area contributed by atoms with Gasteiger partial charge in [0.1, 0.15) is 5.82 Å². The zero-order chi connectivity index (χ0) is 24.1. The van der Waals surface area contributed by atoms with Gasteiger partial charge >= 0.3 is 0 Å². The first-order chi connectivity index (χ1) is 16.3. The fourth-order valence-corrected chi connectivity index (χ4v) is 5.00. The van der Waals surface area contributed by atoms with Crippen LogP contribution >= 0.6 is 0 Å². The summed E-state index contributed by atoms with van der Waals surface area (Å²) in [7, 11) is -3.17. The van der Waals surface area contributed by atoms with Gasteiger partial charge in [0.05, 0.1) is 4.90 Å². The molecule has 1 aliphatic heterocycles. The molecular formula is C27H29FN2O3S. The number of rotatable bonds is 7. The van der Waals surface area contributed by atoms with Crippen LogP contribution in [-0.2, 0) is 22.9 Å². The number of carbonyl (C=O) groups excluding carboxylic acids is 1. The van der Waals surface area contributed by atoms with Crippen LogP contribution in [0.1, 0.15) is 45.8 Å². The minimum Gasteiger partial charge on any atom is -0.348 e. The molecule has 0 aromatic heterocycles. The molecule has 0 aliphatic carbocycles. The molecule has 0 saturated carbocycles. The lowest BCUT2D eigenvalue weighted by Crippen LogP contribution is -2.32. The molecule has 7 heteroatoms. The zero-order valence-electron chi connectivity index (χ0n) is 19.2. The van der Waals surface area contributed by atoms with Crippen molar-refractivity contribution in [2.24, 2.45) is 0 Å². The molecule has 1 heterocycles. The van der Waals surface area contributed by atoms with E-state index in [1.54, 1.807) is 12.1 Å². The Morgan fingerprint density at radius 1 is 0.971 bits per heavy atom. The number of hydrogen-bond donors (Lipinski definition) is 1. The Morgan fingerprint density at radius 3 is 2.29 bits per heavy atom. The smallest absolute Gasteiger partial charge is 0.251 e. The highest BCUT2D eigenvalue weighted by Gasteiger charge is 2.21. The number of hydrogen-bond acceptors (Lipinski definition) is 4. The third-order valence-electron chi connectivity index (χ3n) is 6.33. The van der Waals surface area contributed by atoms with Crippen molar-refractivity contribution in [3.63, 3.8) is 0 Å². The largest absolute Gasteiger partial charge is 0.348 e. The Bertz CT molecular complexity index is 1230. The van der Waals surface area contributed by atoms with Crippen molar-refractivity contribution in [1.82, 2.24) is 10.2 Å². The second-order valence-electron chi connectivity index (χ2n) is 8.90. The third kappa shape index (κ3) is 6.30. The Hall–Kier alpha value is -3.03. The quantitative estimate of drug-likeness (QED) is 0.539. The van der Waals surface area contributed by atoms with Crippen LogP contribution in [0.2, 0.25) is 0 Å². The van der Waals surface area contributed by atoms with Crippen LogP contribution in [-0.4, -0.2) is 38.6 Å². The molecule has 0 bridgehead atoms. The van der Waals surface area contributed by atoms with Crippen molar-refractivity contribution in [2.75, 3.05) is 19.3 Å². The molecule has 0 unspecified atom stereocenters. The fourth-order valence-electron chi connectivity index (χ4n) is 4.37. The van der Waals surface area contributed by atoms with Gasteiger partial charge in [-0.3, -0.25) is 9.69 Å². The Morgan fingerprint density at radius 2 is 1.65 bits per heavy atom. The molecule has 0 atom stereocenters. The molecule has 178 valence electrons. The summed E-state index contributed by atoms with van der Waals surface area (Å²) < 4.78 is 36.3. The van der Waals surface area contributed by atoms with Crippen molar-refractivity contribution in [2.45, 2.75) is 36.7 Å². The van der Waals surface area contributed by atoms with Gasteiger partial charge in [0.2, 0.25) is 0 Å². The van der Waals surface area contributed by atoms with E-state index in [1.807, 2.05) is 24.3 Å². The molecular weight excluding hydrogens is 451 g/mol. The van der Waals surface area contributed by atoms with Gasteiger partial charge in [0, 0.05) is 24.9 Å². The predicted molar refractivity (Wildman–Crippen MR) is 131 cm³/mol. The van der Waals surface area contributed by atoms with Gasteiger partial charge in [-0.15, -0.1) is 0 Å². The van der Waals surface area contributed by atoms with E-state index in [0.29, 0.717) is 22.9 Å². The van der Waals surface area contributed by atoms with Crippen molar-refractivity contribution < 1.29 is 17.6 Å². The Labute approximate surface area is 200 Å². The topological polar surface area (TPSA) is 66.5 Å². The number of amides is 1. The van der Waals surface area contributed by atoms with Crippen LogP contribution in [0.3, 0.4) is 0 Å². The molecule has 1 fully saturated rings. The molecule has 3 aromatic rings. The molecule has 0 spiro atoms. The fraction of sp³-hybridized carbons (Fsp3) is 0.296. The molecule has 1 N–H and O–H groups in total. The van der Waals surface area contributed by atoms with E-state index in [-0.39, 0.29) is 11.7 Å². The van der Waals surface area contributed by atoms with Crippen LogP contribution in [0.4, 0.5) is 4.39 Å². The number of piperidine rings is 1. The average Bonchev–Trinajstić information content (AvgIpc) is 2.83. The van der Waals surface area contributed by atoms with Crippen LogP contribution in [0.5, 0.6) is 0 Å².